The maximum atomic E-state index is 4.22. The van der Waals surface area contributed by atoms with Crippen LogP contribution in [0.3, 0.4) is 0 Å². The first-order valence-corrected chi connectivity index (χ1v) is 11.3. The van der Waals surface area contributed by atoms with E-state index in [9.17, 15) is 0 Å². The SMILES string of the molecule is CC(C)(C)c1ccncc1.[Ir].[c-]1ccc(-c2ccccc2)cc1.[c-]1ccccc1-c1ccccn1. The molecule has 0 saturated carbocycles. The smallest absolute Gasteiger partial charge is 0.0270 e. The third kappa shape index (κ3) is 9.78. The molecule has 0 N–H and O–H groups in total. The quantitative estimate of drug-likeness (QED) is 0.184. The number of hydrogen-bond donors (Lipinski definition) is 0. The molecule has 0 atom stereocenters. The Labute approximate surface area is 223 Å². The summed E-state index contributed by atoms with van der Waals surface area (Å²) in [6.45, 7) is 6.59. The Kier molecular flexibility index (Phi) is 11.8. The van der Waals surface area contributed by atoms with E-state index in [1.165, 1.54) is 16.7 Å². The molecule has 179 valence electrons. The fourth-order valence-electron chi connectivity index (χ4n) is 3.14. The molecule has 1 radical (unpaired) electrons. The van der Waals surface area contributed by atoms with E-state index in [0.717, 1.165) is 11.3 Å². The van der Waals surface area contributed by atoms with Gasteiger partial charge < -0.3 is 4.98 Å². The normalized spacial score (nSPS) is 9.91. The van der Waals surface area contributed by atoms with Crippen molar-refractivity contribution in [2.75, 3.05) is 0 Å². The van der Waals surface area contributed by atoms with E-state index in [1.54, 1.807) is 6.20 Å². The van der Waals surface area contributed by atoms with Crippen molar-refractivity contribution in [3.63, 3.8) is 0 Å². The van der Waals surface area contributed by atoms with Crippen LogP contribution < -0.4 is 0 Å². The summed E-state index contributed by atoms with van der Waals surface area (Å²) in [4.78, 5) is 8.18. The fourth-order valence-corrected chi connectivity index (χ4v) is 3.14. The largest absolute Gasteiger partial charge is 0.305 e. The zero-order valence-corrected chi connectivity index (χ0v) is 22.7. The molecule has 3 heteroatoms. The summed E-state index contributed by atoms with van der Waals surface area (Å²) in [7, 11) is 0. The molecule has 0 bridgehead atoms. The molecule has 2 nitrogen and oxygen atoms in total. The topological polar surface area (TPSA) is 25.8 Å². The zero-order chi connectivity index (χ0) is 24.1. The molecule has 2 heterocycles. The molecular weight excluding hydrogens is 605 g/mol. The molecule has 0 amide bonds. The summed E-state index contributed by atoms with van der Waals surface area (Å²) in [6, 6.07) is 42.3. The van der Waals surface area contributed by atoms with Crippen molar-refractivity contribution in [1.82, 2.24) is 9.97 Å². The van der Waals surface area contributed by atoms with Crippen LogP contribution in [0, 0.1) is 12.1 Å². The Morgan fingerprint density at radius 3 is 1.77 bits per heavy atom. The second-order valence-electron chi connectivity index (χ2n) is 8.63. The fraction of sp³-hybridized carbons (Fsp3) is 0.125. The summed E-state index contributed by atoms with van der Waals surface area (Å²) in [6.07, 6.45) is 5.46. The van der Waals surface area contributed by atoms with Crippen LogP contribution in [-0.2, 0) is 25.5 Å². The Balaban J connectivity index is 0.000000184. The minimum absolute atomic E-state index is 0. The second-order valence-corrected chi connectivity index (χ2v) is 8.63. The summed E-state index contributed by atoms with van der Waals surface area (Å²) >= 11 is 0. The summed E-state index contributed by atoms with van der Waals surface area (Å²) < 4.78 is 0. The minimum Gasteiger partial charge on any atom is -0.305 e. The number of hydrogen-bond acceptors (Lipinski definition) is 2. The van der Waals surface area contributed by atoms with E-state index >= 15 is 0 Å². The van der Waals surface area contributed by atoms with E-state index in [1.807, 2.05) is 85.2 Å². The zero-order valence-electron chi connectivity index (χ0n) is 20.4. The average Bonchev–Trinajstić information content (AvgIpc) is 2.92. The average molecular weight is 635 g/mol. The van der Waals surface area contributed by atoms with E-state index in [2.05, 4.69) is 79.3 Å². The van der Waals surface area contributed by atoms with Crippen LogP contribution in [0.1, 0.15) is 26.3 Å². The Hall–Kier alpha value is -3.39. The van der Waals surface area contributed by atoms with Crippen molar-refractivity contribution >= 4 is 0 Å². The van der Waals surface area contributed by atoms with Crippen molar-refractivity contribution in [3.05, 3.63) is 145 Å². The van der Waals surface area contributed by atoms with Gasteiger partial charge in [0.2, 0.25) is 0 Å². The molecule has 3 aromatic carbocycles. The van der Waals surface area contributed by atoms with Gasteiger partial charge in [0.05, 0.1) is 0 Å². The van der Waals surface area contributed by atoms with Gasteiger partial charge in [0.15, 0.2) is 0 Å². The Morgan fingerprint density at radius 2 is 1.23 bits per heavy atom. The van der Waals surface area contributed by atoms with E-state index < -0.39 is 0 Å². The van der Waals surface area contributed by atoms with Gasteiger partial charge in [-0.25, -0.2) is 0 Å². The Morgan fingerprint density at radius 1 is 0.600 bits per heavy atom. The maximum Gasteiger partial charge on any atom is 0.0270 e. The molecule has 0 aliphatic rings. The van der Waals surface area contributed by atoms with Crippen LogP contribution in [-0.4, -0.2) is 9.97 Å². The first kappa shape index (κ1) is 27.9. The van der Waals surface area contributed by atoms with Crippen molar-refractivity contribution in [1.29, 1.82) is 0 Å². The number of pyridine rings is 2. The van der Waals surface area contributed by atoms with Gasteiger partial charge in [-0.3, -0.25) is 4.98 Å². The van der Waals surface area contributed by atoms with Crippen LogP contribution in [0.15, 0.2) is 128 Å². The van der Waals surface area contributed by atoms with Gasteiger partial charge in [0.1, 0.15) is 0 Å². The molecule has 0 unspecified atom stereocenters. The molecule has 0 spiro atoms. The van der Waals surface area contributed by atoms with Gasteiger partial charge >= 0.3 is 0 Å². The van der Waals surface area contributed by atoms with Gasteiger partial charge in [-0.2, -0.15) is 30.3 Å². The van der Waals surface area contributed by atoms with Crippen LogP contribution in [0.25, 0.3) is 22.4 Å². The van der Waals surface area contributed by atoms with Gasteiger partial charge in [-0.05, 0) is 40.4 Å². The molecule has 35 heavy (non-hydrogen) atoms. The Bertz CT molecular complexity index is 1040. The predicted molar refractivity (Wildman–Crippen MR) is 142 cm³/mol. The van der Waals surface area contributed by atoms with Crippen molar-refractivity contribution < 1.29 is 20.1 Å². The number of nitrogens with zero attached hydrogens (tertiary/aromatic N) is 2. The van der Waals surface area contributed by atoms with Crippen LogP contribution in [0.5, 0.6) is 0 Å². The second kappa shape index (κ2) is 14.8. The third-order valence-corrected chi connectivity index (χ3v) is 5.02. The molecule has 0 aliphatic heterocycles. The van der Waals surface area contributed by atoms with Crippen molar-refractivity contribution in [3.8, 4) is 22.4 Å². The molecule has 2 aromatic heterocycles. The molecular formula is C32H30IrN2-2. The van der Waals surface area contributed by atoms with Crippen molar-refractivity contribution in [2.45, 2.75) is 26.2 Å². The van der Waals surface area contributed by atoms with Crippen LogP contribution in [0.4, 0.5) is 0 Å². The van der Waals surface area contributed by atoms with Crippen molar-refractivity contribution in [2.24, 2.45) is 0 Å². The molecule has 0 saturated heterocycles. The predicted octanol–water partition coefficient (Wildman–Crippen LogP) is 8.08. The maximum absolute atomic E-state index is 4.22. The number of rotatable bonds is 2. The molecule has 5 aromatic rings. The standard InChI is InChI=1S/C12H9.C11H8N.C9H13N.Ir/c1-3-7-11(8-4-1)12-9-5-2-6-10-12;1-2-6-10(7-3-1)11-8-4-5-9-12-11;1-9(2,3)8-4-6-10-7-5-8;/h1,3-10H;1-6,8-9H;4-7H,1-3H3;/q2*-1;;. The summed E-state index contributed by atoms with van der Waals surface area (Å²) in [5.74, 6) is 0. The first-order chi connectivity index (χ1) is 16.5. The van der Waals surface area contributed by atoms with Gasteiger partial charge in [-0.15, -0.1) is 41.5 Å². The van der Waals surface area contributed by atoms with Gasteiger partial charge in [0.25, 0.3) is 0 Å². The molecule has 0 fully saturated rings. The van der Waals surface area contributed by atoms with Gasteiger partial charge in [0, 0.05) is 38.7 Å². The molecule has 5 rings (SSSR count). The minimum atomic E-state index is 0. The van der Waals surface area contributed by atoms with Crippen LogP contribution >= 0.6 is 0 Å². The van der Waals surface area contributed by atoms with E-state index in [0.29, 0.717) is 0 Å². The third-order valence-electron chi connectivity index (χ3n) is 5.02. The van der Waals surface area contributed by atoms with E-state index in [4.69, 9.17) is 0 Å². The number of aromatic nitrogens is 2. The van der Waals surface area contributed by atoms with Gasteiger partial charge in [-0.1, -0.05) is 63.2 Å². The monoisotopic (exact) mass is 635 g/mol. The molecule has 0 aliphatic carbocycles. The summed E-state index contributed by atoms with van der Waals surface area (Å²) in [5, 5.41) is 0. The van der Waals surface area contributed by atoms with Crippen LogP contribution in [0.2, 0.25) is 0 Å². The number of benzene rings is 3. The summed E-state index contributed by atoms with van der Waals surface area (Å²) in [5.41, 5.74) is 6.10. The van der Waals surface area contributed by atoms with E-state index in [-0.39, 0.29) is 25.5 Å². The first-order valence-electron chi connectivity index (χ1n) is 11.3.